The molecule has 0 saturated carbocycles. The van der Waals surface area contributed by atoms with Crippen molar-refractivity contribution in [1.29, 1.82) is 0 Å². The Morgan fingerprint density at radius 2 is 1.00 bits per heavy atom. The average molecular weight is 285 g/mol. The lowest BCUT2D eigenvalue weighted by Gasteiger charge is -2.64. The number of hydrogen-bond acceptors (Lipinski definition) is 0. The van der Waals surface area contributed by atoms with Gasteiger partial charge in [0.1, 0.15) is 0 Å². The van der Waals surface area contributed by atoms with Gasteiger partial charge in [0.15, 0.2) is 0 Å². The van der Waals surface area contributed by atoms with Gasteiger partial charge in [-0.1, -0.05) is 79.6 Å². The summed E-state index contributed by atoms with van der Waals surface area (Å²) in [7, 11) is -1.88. The van der Waals surface area contributed by atoms with Gasteiger partial charge in [-0.15, -0.1) is 0 Å². The lowest BCUT2D eigenvalue weighted by atomic mass is 10.1. The van der Waals surface area contributed by atoms with E-state index in [2.05, 4.69) is 53.9 Å². The van der Waals surface area contributed by atoms with E-state index in [-0.39, 0.29) is 0 Å². The molecule has 1 rings (SSSR count). The quantitative estimate of drug-likeness (QED) is 0.516. The van der Waals surface area contributed by atoms with Gasteiger partial charge >= 0.3 is 0 Å². The van der Waals surface area contributed by atoms with Crippen LogP contribution in [0.4, 0.5) is 0 Å². The number of hydrogen-bond donors (Lipinski definition) is 0. The molecule has 0 nitrogen and oxygen atoms in total. The molecule has 0 aromatic heterocycles. The van der Waals surface area contributed by atoms with Crippen molar-refractivity contribution in [2.24, 2.45) is 11.8 Å². The van der Waals surface area contributed by atoms with Crippen LogP contribution in [0.1, 0.15) is 53.4 Å². The Hall–Kier alpha value is 0.434. The third kappa shape index (κ3) is 2.95. The van der Waals surface area contributed by atoms with Gasteiger partial charge in [-0.3, -0.25) is 0 Å². The van der Waals surface area contributed by atoms with E-state index in [1.54, 1.807) is 12.8 Å². The standard InChI is InChI=1S/C16H36Si2/c1-9-13(3)11-15-17(5,6)16(18(15,7)8)12-14(4)10-2/h13-16H,9-12H2,1-8H3. The predicted octanol–water partition coefficient (Wildman–Crippen LogP) is 6.11. The first-order valence-electron chi connectivity index (χ1n) is 8.17. The van der Waals surface area contributed by atoms with Crippen molar-refractivity contribution >= 4 is 16.1 Å². The molecule has 0 spiro atoms. The molecule has 0 N–H and O–H groups in total. The fourth-order valence-corrected chi connectivity index (χ4v) is 26.2. The van der Waals surface area contributed by atoms with Crippen LogP contribution in [0.2, 0.25) is 36.5 Å². The Bertz CT molecular complexity index is 230. The van der Waals surface area contributed by atoms with Gasteiger partial charge in [0.05, 0.1) is 0 Å². The molecule has 2 unspecified atom stereocenters. The Balaban J connectivity index is 2.74. The molecule has 0 bridgehead atoms. The van der Waals surface area contributed by atoms with Crippen molar-refractivity contribution in [3.05, 3.63) is 0 Å². The van der Waals surface area contributed by atoms with Crippen molar-refractivity contribution in [3.63, 3.8) is 0 Å². The highest BCUT2D eigenvalue weighted by atomic mass is 28.5. The SMILES string of the molecule is CCC(C)CC1[Si](C)(C)C(CC(C)CC)[Si]1(C)C. The molecule has 0 radical (unpaired) electrons. The van der Waals surface area contributed by atoms with Gasteiger partial charge < -0.3 is 0 Å². The lowest BCUT2D eigenvalue weighted by Crippen LogP contribution is -2.69. The first-order chi connectivity index (χ1) is 8.17. The molecular weight excluding hydrogens is 248 g/mol. The van der Waals surface area contributed by atoms with Crippen LogP contribution in [0.3, 0.4) is 0 Å². The molecule has 1 aliphatic heterocycles. The second kappa shape index (κ2) is 5.82. The summed E-state index contributed by atoms with van der Waals surface area (Å²) in [4.78, 5) is 0. The molecule has 1 heterocycles. The van der Waals surface area contributed by atoms with Crippen LogP contribution in [0.15, 0.2) is 0 Å². The molecule has 0 amide bonds. The van der Waals surface area contributed by atoms with E-state index in [1.165, 1.54) is 23.2 Å². The highest BCUT2D eigenvalue weighted by Crippen LogP contribution is 2.61. The molecule has 0 aliphatic carbocycles. The maximum absolute atomic E-state index is 2.70. The molecule has 108 valence electrons. The molecule has 2 atom stereocenters. The molecule has 1 fully saturated rings. The zero-order valence-electron chi connectivity index (χ0n) is 14.1. The van der Waals surface area contributed by atoms with Gasteiger partial charge in [-0.25, -0.2) is 0 Å². The lowest BCUT2D eigenvalue weighted by molar-refractivity contribution is 0.483. The third-order valence-electron chi connectivity index (χ3n) is 6.26. The van der Waals surface area contributed by atoms with Crippen molar-refractivity contribution in [2.45, 2.75) is 89.9 Å². The maximum atomic E-state index is 2.70. The minimum Gasteiger partial charge on any atom is -0.0694 e. The topological polar surface area (TPSA) is 0 Å². The molecule has 1 saturated heterocycles. The van der Waals surface area contributed by atoms with Gasteiger partial charge in [-0.2, -0.15) is 0 Å². The monoisotopic (exact) mass is 284 g/mol. The van der Waals surface area contributed by atoms with Crippen LogP contribution in [-0.2, 0) is 0 Å². The van der Waals surface area contributed by atoms with Crippen LogP contribution >= 0.6 is 0 Å². The van der Waals surface area contributed by atoms with Gasteiger partial charge in [-0.05, 0) is 22.2 Å². The highest BCUT2D eigenvalue weighted by Gasteiger charge is 2.62. The van der Waals surface area contributed by atoms with E-state index in [1.807, 2.05) is 0 Å². The Morgan fingerprint density at radius 1 is 0.722 bits per heavy atom. The first-order valence-corrected chi connectivity index (χ1v) is 14.5. The molecule has 0 aromatic carbocycles. The van der Waals surface area contributed by atoms with Crippen molar-refractivity contribution < 1.29 is 0 Å². The minimum absolute atomic E-state index is 0.941. The minimum atomic E-state index is -0.941. The van der Waals surface area contributed by atoms with Crippen LogP contribution in [0.25, 0.3) is 0 Å². The van der Waals surface area contributed by atoms with E-state index >= 15 is 0 Å². The van der Waals surface area contributed by atoms with Crippen LogP contribution in [0.5, 0.6) is 0 Å². The predicted molar refractivity (Wildman–Crippen MR) is 90.6 cm³/mol. The summed E-state index contributed by atoms with van der Waals surface area (Å²) in [5, 5.41) is 2.38. The maximum Gasteiger partial charge on any atom is 0.0483 e. The average Bonchev–Trinajstić information content (AvgIpc) is 2.31. The summed E-state index contributed by atoms with van der Waals surface area (Å²) in [6.45, 7) is 20.5. The van der Waals surface area contributed by atoms with Crippen LogP contribution in [0, 0.1) is 11.8 Å². The van der Waals surface area contributed by atoms with Crippen molar-refractivity contribution in [2.75, 3.05) is 0 Å². The Labute approximate surface area is 118 Å². The van der Waals surface area contributed by atoms with E-state index in [9.17, 15) is 0 Å². The summed E-state index contributed by atoms with van der Waals surface area (Å²) >= 11 is 0. The van der Waals surface area contributed by atoms with Crippen molar-refractivity contribution in [3.8, 4) is 0 Å². The second-order valence-corrected chi connectivity index (χ2v) is 19.5. The third-order valence-corrected chi connectivity index (χ3v) is 23.3. The van der Waals surface area contributed by atoms with Gasteiger partial charge in [0.25, 0.3) is 0 Å². The normalized spacial score (nSPS) is 32.7. The molecule has 0 aromatic rings. The summed E-state index contributed by atoms with van der Waals surface area (Å²) in [6, 6.07) is 0. The highest BCUT2D eigenvalue weighted by molar-refractivity contribution is 7.15. The van der Waals surface area contributed by atoms with Crippen molar-refractivity contribution in [1.82, 2.24) is 0 Å². The van der Waals surface area contributed by atoms with E-state index in [0.29, 0.717) is 0 Å². The van der Waals surface area contributed by atoms with Crippen LogP contribution < -0.4 is 0 Å². The van der Waals surface area contributed by atoms with E-state index in [0.717, 1.165) is 11.8 Å². The second-order valence-electron chi connectivity index (χ2n) is 8.25. The van der Waals surface area contributed by atoms with Gasteiger partial charge in [0, 0.05) is 16.1 Å². The van der Waals surface area contributed by atoms with E-state index in [4.69, 9.17) is 0 Å². The zero-order chi connectivity index (χ0) is 14.1. The molecule has 18 heavy (non-hydrogen) atoms. The van der Waals surface area contributed by atoms with Gasteiger partial charge in [0.2, 0.25) is 0 Å². The smallest absolute Gasteiger partial charge is 0.0483 e. The summed E-state index contributed by atoms with van der Waals surface area (Å²) in [6.07, 6.45) is 5.85. The molecule has 1 aliphatic rings. The first kappa shape index (κ1) is 16.5. The fraction of sp³-hybridized carbons (Fsp3) is 1.00. The Morgan fingerprint density at radius 3 is 1.22 bits per heavy atom. The summed E-state index contributed by atoms with van der Waals surface area (Å²) in [5.74, 6) is 1.91. The summed E-state index contributed by atoms with van der Waals surface area (Å²) < 4.78 is 0. The van der Waals surface area contributed by atoms with E-state index < -0.39 is 16.1 Å². The Kier molecular flexibility index (Phi) is 5.33. The number of rotatable bonds is 6. The summed E-state index contributed by atoms with van der Waals surface area (Å²) in [5.41, 5.74) is 0. The fourth-order valence-electron chi connectivity index (χ4n) is 4.66. The molecule has 2 heteroatoms. The molecular formula is C16H36Si2. The van der Waals surface area contributed by atoms with Crippen LogP contribution in [-0.4, -0.2) is 16.1 Å². The largest absolute Gasteiger partial charge is 0.0694 e. The zero-order valence-corrected chi connectivity index (χ0v) is 16.1.